The molecule has 0 aromatic heterocycles. The van der Waals surface area contributed by atoms with Gasteiger partial charge in [-0.15, -0.1) is 0 Å². The van der Waals surface area contributed by atoms with E-state index >= 15 is 0 Å². The number of amides is 1. The first-order chi connectivity index (χ1) is 28.8. The van der Waals surface area contributed by atoms with E-state index in [-0.39, 0.29) is 12.5 Å². The largest absolute Gasteiger partial charge is 0.394 e. The molecular weight excluding hydrogens is 743 g/mol. The Bertz CT molecular complexity index is 1060. The van der Waals surface area contributed by atoms with E-state index in [1.54, 1.807) is 6.08 Å². The summed E-state index contributed by atoms with van der Waals surface area (Å²) in [5.41, 5.74) is 0. The Balaban J connectivity index is 2.38. The van der Waals surface area contributed by atoms with Crippen LogP contribution >= 0.6 is 0 Å². The van der Waals surface area contributed by atoms with E-state index in [1.807, 2.05) is 6.08 Å². The van der Waals surface area contributed by atoms with E-state index in [0.717, 1.165) is 57.8 Å². The van der Waals surface area contributed by atoms with Crippen LogP contribution in [0.2, 0.25) is 0 Å². The topological polar surface area (TPSA) is 149 Å². The van der Waals surface area contributed by atoms with Crippen molar-refractivity contribution in [2.75, 3.05) is 13.2 Å². The van der Waals surface area contributed by atoms with Gasteiger partial charge in [0.1, 0.15) is 24.4 Å². The van der Waals surface area contributed by atoms with Gasteiger partial charge in [-0.25, -0.2) is 0 Å². The zero-order valence-electron chi connectivity index (χ0n) is 37.7. The SMILES string of the molecule is CCCCCCCCC/C=C\CCCCCCCCCC(=O)NC(COC1OC(CO)C(O)C(O)C1O)C(O)/C=C/CC/C=C/CC/C=C/CCCCCCCCCC. The molecule has 1 heterocycles. The molecule has 344 valence electrons. The van der Waals surface area contributed by atoms with Crippen molar-refractivity contribution >= 4 is 5.91 Å². The molecule has 0 spiro atoms. The van der Waals surface area contributed by atoms with Gasteiger partial charge in [0.05, 0.1) is 25.4 Å². The summed E-state index contributed by atoms with van der Waals surface area (Å²) in [4.78, 5) is 13.0. The molecule has 1 rings (SSSR count). The van der Waals surface area contributed by atoms with E-state index in [2.05, 4.69) is 55.6 Å². The average Bonchev–Trinajstić information content (AvgIpc) is 3.23. The lowest BCUT2D eigenvalue weighted by Gasteiger charge is -2.40. The maximum atomic E-state index is 13.0. The molecule has 1 aliphatic rings. The third-order valence-electron chi connectivity index (χ3n) is 11.4. The molecule has 7 atom stereocenters. The lowest BCUT2D eigenvalue weighted by molar-refractivity contribution is -0.302. The maximum absolute atomic E-state index is 13.0. The Morgan fingerprint density at radius 1 is 0.559 bits per heavy atom. The van der Waals surface area contributed by atoms with Crippen LogP contribution in [0.3, 0.4) is 0 Å². The van der Waals surface area contributed by atoms with Crippen LogP contribution in [0.15, 0.2) is 48.6 Å². The van der Waals surface area contributed by atoms with Gasteiger partial charge < -0.3 is 40.3 Å². The van der Waals surface area contributed by atoms with Gasteiger partial charge in [0.15, 0.2) is 6.29 Å². The molecule has 0 aromatic rings. The van der Waals surface area contributed by atoms with Gasteiger partial charge in [0.25, 0.3) is 0 Å². The maximum Gasteiger partial charge on any atom is 0.220 e. The zero-order valence-corrected chi connectivity index (χ0v) is 37.7. The number of aliphatic hydroxyl groups excluding tert-OH is 5. The zero-order chi connectivity index (χ0) is 43.0. The molecule has 0 saturated carbocycles. The summed E-state index contributed by atoms with van der Waals surface area (Å²) in [5.74, 6) is -0.196. The fraction of sp³-hybridized carbons (Fsp3) is 0.820. The number of nitrogens with one attached hydrogen (secondary N) is 1. The predicted molar refractivity (Wildman–Crippen MR) is 244 cm³/mol. The van der Waals surface area contributed by atoms with Gasteiger partial charge in [-0.2, -0.15) is 0 Å². The number of aliphatic hydroxyl groups is 5. The first-order valence-electron chi connectivity index (χ1n) is 24.4. The van der Waals surface area contributed by atoms with Crippen molar-refractivity contribution in [3.63, 3.8) is 0 Å². The van der Waals surface area contributed by atoms with Crippen LogP contribution in [0.25, 0.3) is 0 Å². The predicted octanol–water partition coefficient (Wildman–Crippen LogP) is 10.6. The van der Waals surface area contributed by atoms with Crippen LogP contribution in [0.1, 0.15) is 206 Å². The minimum atomic E-state index is -1.58. The number of ether oxygens (including phenoxy) is 2. The molecule has 9 nitrogen and oxygen atoms in total. The van der Waals surface area contributed by atoms with E-state index in [4.69, 9.17) is 9.47 Å². The van der Waals surface area contributed by atoms with Crippen LogP contribution < -0.4 is 5.32 Å². The minimum absolute atomic E-state index is 0.196. The van der Waals surface area contributed by atoms with Gasteiger partial charge in [0, 0.05) is 6.42 Å². The lowest BCUT2D eigenvalue weighted by Crippen LogP contribution is -2.60. The minimum Gasteiger partial charge on any atom is -0.394 e. The second-order valence-electron chi connectivity index (χ2n) is 16.9. The molecule has 59 heavy (non-hydrogen) atoms. The molecule has 6 N–H and O–H groups in total. The van der Waals surface area contributed by atoms with Gasteiger partial charge in [-0.3, -0.25) is 4.79 Å². The Morgan fingerprint density at radius 2 is 0.966 bits per heavy atom. The fourth-order valence-electron chi connectivity index (χ4n) is 7.42. The second kappa shape index (κ2) is 40.2. The van der Waals surface area contributed by atoms with E-state index < -0.39 is 49.5 Å². The molecule has 7 unspecified atom stereocenters. The van der Waals surface area contributed by atoms with Crippen molar-refractivity contribution < 1.29 is 39.8 Å². The highest BCUT2D eigenvalue weighted by atomic mass is 16.7. The van der Waals surface area contributed by atoms with Crippen LogP contribution in [-0.4, -0.2) is 87.5 Å². The highest BCUT2D eigenvalue weighted by Crippen LogP contribution is 2.22. The number of rotatable bonds is 40. The Morgan fingerprint density at radius 3 is 1.42 bits per heavy atom. The number of hydrogen-bond donors (Lipinski definition) is 6. The summed E-state index contributed by atoms with van der Waals surface area (Å²) in [7, 11) is 0. The molecule has 0 aromatic carbocycles. The Labute approximate surface area is 361 Å². The molecule has 1 amide bonds. The number of carbonyl (C=O) groups excluding carboxylic acids is 1. The van der Waals surface area contributed by atoms with Crippen LogP contribution in [0.5, 0.6) is 0 Å². The number of allylic oxidation sites excluding steroid dienone is 7. The lowest BCUT2D eigenvalue weighted by atomic mass is 9.99. The molecule has 1 fully saturated rings. The molecule has 0 radical (unpaired) electrons. The summed E-state index contributed by atoms with van der Waals surface area (Å²) in [6, 6.07) is -0.830. The number of carbonyl (C=O) groups is 1. The molecule has 1 saturated heterocycles. The highest BCUT2D eigenvalue weighted by Gasteiger charge is 2.44. The molecule has 0 aliphatic carbocycles. The van der Waals surface area contributed by atoms with E-state index in [1.165, 1.54) is 128 Å². The van der Waals surface area contributed by atoms with E-state index in [9.17, 15) is 30.3 Å². The summed E-state index contributed by atoms with van der Waals surface area (Å²) in [5, 5.41) is 54.2. The summed E-state index contributed by atoms with van der Waals surface area (Å²) < 4.78 is 11.2. The van der Waals surface area contributed by atoms with E-state index in [0.29, 0.717) is 6.42 Å². The third-order valence-corrected chi connectivity index (χ3v) is 11.4. The molecule has 9 heteroatoms. The Hall–Kier alpha value is -1.85. The van der Waals surface area contributed by atoms with Crippen LogP contribution in [-0.2, 0) is 14.3 Å². The van der Waals surface area contributed by atoms with Crippen molar-refractivity contribution in [2.24, 2.45) is 0 Å². The van der Waals surface area contributed by atoms with Gasteiger partial charge in [-0.05, 0) is 70.6 Å². The molecular formula is C50H91NO8. The third kappa shape index (κ3) is 30.8. The van der Waals surface area contributed by atoms with Crippen molar-refractivity contribution in [2.45, 2.75) is 249 Å². The first kappa shape index (κ1) is 55.2. The highest BCUT2D eigenvalue weighted by molar-refractivity contribution is 5.76. The quantitative estimate of drug-likeness (QED) is 0.0264. The summed E-state index contributed by atoms with van der Waals surface area (Å²) in [6.07, 6.45) is 44.4. The summed E-state index contributed by atoms with van der Waals surface area (Å²) >= 11 is 0. The second-order valence-corrected chi connectivity index (χ2v) is 16.9. The van der Waals surface area contributed by atoms with Crippen molar-refractivity contribution in [1.82, 2.24) is 5.32 Å². The normalized spacial score (nSPS) is 21.1. The standard InChI is InChI=1S/C50H91NO8/c1-3-5-7-9-11-13-15-17-19-21-23-25-27-29-31-33-35-37-39-44(53)43(42-58-50-49(57)48(56)47(55)45(41-52)59-50)51-46(54)40-38-36-34-32-30-28-26-24-22-20-18-16-14-12-10-8-6-4-2/h20-23,29,31,37,39,43-45,47-50,52-53,55-57H,3-19,24-28,30,32-36,38,40-42H2,1-2H3,(H,51,54)/b22-20-,23-21+,31-29+,39-37+. The number of unbranched alkanes of at least 4 members (excludes halogenated alkanes) is 24. The van der Waals surface area contributed by atoms with Crippen molar-refractivity contribution in [3.05, 3.63) is 48.6 Å². The molecule has 1 aliphatic heterocycles. The smallest absolute Gasteiger partial charge is 0.220 e. The Kier molecular flexibility index (Phi) is 37.6. The van der Waals surface area contributed by atoms with Gasteiger partial charge in [0.2, 0.25) is 5.91 Å². The fourth-order valence-corrected chi connectivity index (χ4v) is 7.42. The van der Waals surface area contributed by atoms with Crippen LogP contribution in [0, 0.1) is 0 Å². The van der Waals surface area contributed by atoms with Crippen LogP contribution in [0.4, 0.5) is 0 Å². The molecule has 0 bridgehead atoms. The average molecular weight is 834 g/mol. The summed E-state index contributed by atoms with van der Waals surface area (Å²) in [6.45, 7) is 3.74. The van der Waals surface area contributed by atoms with Gasteiger partial charge >= 0.3 is 0 Å². The first-order valence-corrected chi connectivity index (χ1v) is 24.4. The monoisotopic (exact) mass is 834 g/mol. The van der Waals surface area contributed by atoms with Crippen molar-refractivity contribution in [3.8, 4) is 0 Å². The van der Waals surface area contributed by atoms with Crippen molar-refractivity contribution in [1.29, 1.82) is 0 Å². The number of hydrogen-bond acceptors (Lipinski definition) is 8. The van der Waals surface area contributed by atoms with Gasteiger partial charge in [-0.1, -0.05) is 178 Å².